The maximum atomic E-state index is 13.2. The summed E-state index contributed by atoms with van der Waals surface area (Å²) in [6, 6.07) is 18.2. The maximum Gasteiger partial charge on any atom is 0.232 e. The second-order valence-electron chi connectivity index (χ2n) is 8.52. The summed E-state index contributed by atoms with van der Waals surface area (Å²) in [5.41, 5.74) is 5.82. The van der Waals surface area contributed by atoms with Gasteiger partial charge in [-0.05, 0) is 59.9 Å². The summed E-state index contributed by atoms with van der Waals surface area (Å²) < 4.78 is 17.5. The van der Waals surface area contributed by atoms with Crippen molar-refractivity contribution in [3.05, 3.63) is 93.7 Å². The molecule has 0 radical (unpaired) electrons. The van der Waals surface area contributed by atoms with Gasteiger partial charge in [0.1, 0.15) is 24.0 Å². The zero-order chi connectivity index (χ0) is 22.9. The van der Waals surface area contributed by atoms with Gasteiger partial charge in [-0.2, -0.15) is 0 Å². The van der Waals surface area contributed by atoms with E-state index in [4.69, 9.17) is 14.2 Å². The fraction of sp³-hybridized carbons (Fsp3) is 0.250. The first kappa shape index (κ1) is 21.3. The van der Waals surface area contributed by atoms with E-state index >= 15 is 0 Å². The molecule has 0 unspecified atom stereocenters. The summed E-state index contributed by atoms with van der Waals surface area (Å²) in [5, 5.41) is 0. The van der Waals surface area contributed by atoms with Crippen LogP contribution in [0.25, 0.3) is 6.08 Å². The van der Waals surface area contributed by atoms with Gasteiger partial charge in [0, 0.05) is 13.1 Å². The summed E-state index contributed by atoms with van der Waals surface area (Å²) >= 11 is 0. The number of carbonyl (C=O) groups excluding carboxylic acids is 1. The highest BCUT2D eigenvalue weighted by Crippen LogP contribution is 2.44. The Morgan fingerprint density at radius 2 is 1.79 bits per heavy atom. The standard InChI is InChI=1S/C28H27NO4/c1-4-19-5-7-20(8-6-19)14-25-27(30)26-18(2)13-24-23(28(26)33-25)16-29(17-32-24)15-21-9-11-22(31-3)12-10-21/h5-14H,4,15-17H2,1-3H3/b25-14-. The largest absolute Gasteiger partial charge is 0.497 e. The quantitative estimate of drug-likeness (QED) is 0.487. The van der Waals surface area contributed by atoms with Gasteiger partial charge in [-0.3, -0.25) is 9.69 Å². The van der Waals surface area contributed by atoms with Gasteiger partial charge in [-0.15, -0.1) is 0 Å². The number of hydrogen-bond donors (Lipinski definition) is 0. The van der Waals surface area contributed by atoms with Crippen molar-refractivity contribution < 1.29 is 19.0 Å². The molecule has 2 aliphatic heterocycles. The fourth-order valence-electron chi connectivity index (χ4n) is 4.37. The number of fused-ring (bicyclic) bond motifs is 3. The summed E-state index contributed by atoms with van der Waals surface area (Å²) in [4.78, 5) is 15.4. The molecule has 0 fully saturated rings. The highest BCUT2D eigenvalue weighted by atomic mass is 16.5. The number of allylic oxidation sites excluding steroid dienone is 1. The van der Waals surface area contributed by atoms with Crippen LogP contribution in [-0.4, -0.2) is 24.5 Å². The van der Waals surface area contributed by atoms with Crippen LogP contribution in [0, 0.1) is 6.92 Å². The van der Waals surface area contributed by atoms with E-state index < -0.39 is 0 Å². The van der Waals surface area contributed by atoms with Crippen LogP contribution in [0.5, 0.6) is 17.2 Å². The van der Waals surface area contributed by atoms with E-state index in [1.165, 1.54) is 11.1 Å². The average Bonchev–Trinajstić information content (AvgIpc) is 3.17. The van der Waals surface area contributed by atoms with Crippen LogP contribution >= 0.6 is 0 Å². The topological polar surface area (TPSA) is 48.0 Å². The van der Waals surface area contributed by atoms with Crippen molar-refractivity contribution in [3.63, 3.8) is 0 Å². The molecule has 0 saturated carbocycles. The third kappa shape index (κ3) is 4.12. The predicted molar refractivity (Wildman–Crippen MR) is 128 cm³/mol. The Hall–Kier alpha value is -3.57. The number of ketones is 1. The summed E-state index contributed by atoms with van der Waals surface area (Å²) in [6.45, 7) is 5.92. The summed E-state index contributed by atoms with van der Waals surface area (Å²) in [7, 11) is 1.66. The summed E-state index contributed by atoms with van der Waals surface area (Å²) in [6.07, 6.45) is 2.81. The van der Waals surface area contributed by atoms with Crippen molar-refractivity contribution in [2.45, 2.75) is 33.4 Å². The van der Waals surface area contributed by atoms with E-state index in [2.05, 4.69) is 36.1 Å². The zero-order valence-electron chi connectivity index (χ0n) is 19.2. The number of nitrogens with zero attached hydrogens (tertiary/aromatic N) is 1. The highest BCUT2D eigenvalue weighted by molar-refractivity contribution is 6.15. The molecule has 33 heavy (non-hydrogen) atoms. The van der Waals surface area contributed by atoms with E-state index in [1.54, 1.807) is 7.11 Å². The molecular formula is C28H27NO4. The molecule has 0 amide bonds. The minimum Gasteiger partial charge on any atom is -0.497 e. The Morgan fingerprint density at radius 1 is 1.06 bits per heavy atom. The molecule has 3 aromatic carbocycles. The Bertz CT molecular complexity index is 1230. The number of benzene rings is 3. The number of Topliss-reactive ketones (excluding diaryl/α,β-unsaturated/α-hetero) is 1. The molecular weight excluding hydrogens is 414 g/mol. The lowest BCUT2D eigenvalue weighted by Gasteiger charge is -2.30. The van der Waals surface area contributed by atoms with Gasteiger partial charge in [0.2, 0.25) is 5.78 Å². The normalized spacial score (nSPS) is 16.2. The molecule has 0 atom stereocenters. The highest BCUT2D eigenvalue weighted by Gasteiger charge is 2.35. The van der Waals surface area contributed by atoms with Crippen LogP contribution in [0.15, 0.2) is 60.4 Å². The van der Waals surface area contributed by atoms with E-state index in [0.717, 1.165) is 41.2 Å². The smallest absolute Gasteiger partial charge is 0.232 e. The first-order valence-electron chi connectivity index (χ1n) is 11.2. The van der Waals surface area contributed by atoms with Crippen LogP contribution in [0.4, 0.5) is 0 Å². The Balaban J connectivity index is 1.41. The molecule has 0 spiro atoms. The maximum absolute atomic E-state index is 13.2. The molecule has 5 rings (SSSR count). The molecule has 0 bridgehead atoms. The zero-order valence-corrected chi connectivity index (χ0v) is 19.2. The number of rotatable bonds is 5. The van der Waals surface area contributed by atoms with Gasteiger partial charge < -0.3 is 14.2 Å². The lowest BCUT2D eigenvalue weighted by Crippen LogP contribution is -2.31. The molecule has 0 aromatic heterocycles. The van der Waals surface area contributed by atoms with E-state index in [9.17, 15) is 4.79 Å². The van der Waals surface area contributed by atoms with Crippen LogP contribution in [0.3, 0.4) is 0 Å². The van der Waals surface area contributed by atoms with Crippen LogP contribution in [0.1, 0.15) is 45.1 Å². The van der Waals surface area contributed by atoms with E-state index in [-0.39, 0.29) is 5.78 Å². The molecule has 5 nitrogen and oxygen atoms in total. The molecule has 0 aliphatic carbocycles. The molecule has 168 valence electrons. The van der Waals surface area contributed by atoms with Crippen molar-refractivity contribution in [2.75, 3.05) is 13.8 Å². The molecule has 0 saturated heterocycles. The average molecular weight is 442 g/mol. The molecule has 2 aliphatic rings. The number of ether oxygens (including phenoxy) is 3. The van der Waals surface area contributed by atoms with Crippen molar-refractivity contribution in [2.24, 2.45) is 0 Å². The van der Waals surface area contributed by atoms with Crippen LogP contribution < -0.4 is 14.2 Å². The fourth-order valence-corrected chi connectivity index (χ4v) is 4.37. The van der Waals surface area contributed by atoms with E-state index in [0.29, 0.717) is 30.3 Å². The van der Waals surface area contributed by atoms with Crippen LogP contribution in [-0.2, 0) is 19.5 Å². The lowest BCUT2D eigenvalue weighted by molar-refractivity contribution is 0.0872. The van der Waals surface area contributed by atoms with Gasteiger partial charge in [0.15, 0.2) is 5.76 Å². The Morgan fingerprint density at radius 3 is 2.48 bits per heavy atom. The summed E-state index contributed by atoms with van der Waals surface area (Å²) in [5.74, 6) is 2.54. The van der Waals surface area contributed by atoms with Gasteiger partial charge in [0.25, 0.3) is 0 Å². The SMILES string of the molecule is CCc1ccc(/C=C2\Oc3c4c(cc(C)c3C2=O)OCN(Cc2ccc(OC)cc2)C4)cc1. The Labute approximate surface area is 194 Å². The van der Waals surface area contributed by atoms with Gasteiger partial charge in [-0.1, -0.05) is 43.3 Å². The number of methoxy groups -OCH3 is 1. The first-order chi connectivity index (χ1) is 16.1. The third-order valence-corrected chi connectivity index (χ3v) is 6.24. The minimum atomic E-state index is -0.0721. The molecule has 2 heterocycles. The number of aryl methyl sites for hydroxylation is 2. The lowest BCUT2D eigenvalue weighted by atomic mass is 9.98. The minimum absolute atomic E-state index is 0.0721. The molecule has 5 heteroatoms. The van der Waals surface area contributed by atoms with Gasteiger partial charge >= 0.3 is 0 Å². The van der Waals surface area contributed by atoms with E-state index in [1.807, 2.05) is 43.3 Å². The van der Waals surface area contributed by atoms with Crippen molar-refractivity contribution in [1.82, 2.24) is 4.90 Å². The van der Waals surface area contributed by atoms with Crippen LogP contribution in [0.2, 0.25) is 0 Å². The second-order valence-corrected chi connectivity index (χ2v) is 8.52. The Kier molecular flexibility index (Phi) is 5.65. The number of carbonyl (C=O) groups is 1. The molecule has 3 aromatic rings. The van der Waals surface area contributed by atoms with Gasteiger partial charge in [-0.25, -0.2) is 0 Å². The third-order valence-electron chi connectivity index (χ3n) is 6.24. The van der Waals surface area contributed by atoms with Crippen molar-refractivity contribution in [3.8, 4) is 17.2 Å². The number of hydrogen-bond acceptors (Lipinski definition) is 5. The van der Waals surface area contributed by atoms with Crippen molar-refractivity contribution >= 4 is 11.9 Å². The monoisotopic (exact) mass is 441 g/mol. The second kappa shape index (κ2) is 8.75. The van der Waals surface area contributed by atoms with Gasteiger partial charge in [0.05, 0.1) is 18.2 Å². The molecule has 0 N–H and O–H groups in total. The predicted octanol–water partition coefficient (Wildman–Crippen LogP) is 5.53. The first-order valence-corrected chi connectivity index (χ1v) is 11.2. The van der Waals surface area contributed by atoms with Crippen molar-refractivity contribution in [1.29, 1.82) is 0 Å².